The number of hydrogen-bond donors (Lipinski definition) is 0. The molecule has 3 rings (SSSR count). The summed E-state index contributed by atoms with van der Waals surface area (Å²) in [5.41, 5.74) is 1.09. The summed E-state index contributed by atoms with van der Waals surface area (Å²) in [5.74, 6) is 2.47. The summed E-state index contributed by atoms with van der Waals surface area (Å²) in [5, 5.41) is 16.9. The Hall–Kier alpha value is -1.80. The number of para-hydroxylation sites is 1. The summed E-state index contributed by atoms with van der Waals surface area (Å²) in [6, 6.07) is 10.2. The number of nitrogens with zero attached hydrogens (tertiary/aromatic N) is 4. The van der Waals surface area contributed by atoms with Crippen LogP contribution < -0.4 is 0 Å². The molecule has 16 heavy (non-hydrogen) atoms. The Balaban J connectivity index is 2.22. The van der Waals surface area contributed by atoms with Gasteiger partial charge in [-0.25, -0.2) is 0 Å². The van der Waals surface area contributed by atoms with E-state index in [1.807, 2.05) is 22.8 Å². The van der Waals surface area contributed by atoms with Crippen molar-refractivity contribution in [2.45, 2.75) is 17.1 Å². The fourth-order valence-electron chi connectivity index (χ4n) is 1.82. The predicted molar refractivity (Wildman–Crippen MR) is 60.2 cm³/mol. The Morgan fingerprint density at radius 1 is 1.38 bits per heavy atom. The van der Waals surface area contributed by atoms with Crippen LogP contribution in [0.2, 0.25) is 0 Å². The van der Waals surface area contributed by atoms with E-state index in [1.165, 1.54) is 4.90 Å². The molecule has 1 aliphatic rings. The summed E-state index contributed by atoms with van der Waals surface area (Å²) in [4.78, 5) is 1.22. The van der Waals surface area contributed by atoms with Crippen LogP contribution in [0.5, 0.6) is 0 Å². The molecular weight excluding hydrogens is 220 g/mol. The molecule has 0 saturated heterocycles. The largest absolute Gasteiger partial charge is 0.280 e. The molecule has 0 bridgehead atoms. The zero-order valence-electron chi connectivity index (χ0n) is 8.42. The second-order valence-corrected chi connectivity index (χ2v) is 4.48. The number of hydrogen-bond acceptors (Lipinski definition) is 4. The number of benzene rings is 1. The van der Waals surface area contributed by atoms with Gasteiger partial charge in [-0.05, 0) is 12.1 Å². The molecule has 0 saturated carbocycles. The van der Waals surface area contributed by atoms with Crippen LogP contribution >= 0.6 is 11.8 Å². The highest BCUT2D eigenvalue weighted by Gasteiger charge is 2.20. The monoisotopic (exact) mass is 228 g/mol. The van der Waals surface area contributed by atoms with Crippen molar-refractivity contribution in [3.05, 3.63) is 35.9 Å². The molecule has 1 aliphatic heterocycles. The molecule has 0 aliphatic carbocycles. The summed E-state index contributed by atoms with van der Waals surface area (Å²) >= 11 is 1.76. The average Bonchev–Trinajstić information content (AvgIpc) is 2.73. The highest BCUT2D eigenvalue weighted by Crippen LogP contribution is 2.34. The van der Waals surface area contributed by atoms with Crippen LogP contribution in [-0.2, 0) is 12.2 Å². The van der Waals surface area contributed by atoms with Gasteiger partial charge in [-0.2, -0.15) is 5.26 Å². The van der Waals surface area contributed by atoms with E-state index in [4.69, 9.17) is 5.26 Å². The Morgan fingerprint density at radius 2 is 2.25 bits per heavy atom. The van der Waals surface area contributed by atoms with Gasteiger partial charge in [0.2, 0.25) is 0 Å². The van der Waals surface area contributed by atoms with Crippen LogP contribution in [0.4, 0.5) is 0 Å². The molecule has 0 atom stereocenters. The maximum absolute atomic E-state index is 8.75. The molecular formula is C11H8N4S. The minimum Gasteiger partial charge on any atom is -0.280 e. The minimum absolute atomic E-state index is 0.298. The van der Waals surface area contributed by atoms with Crippen LogP contribution in [0, 0.1) is 11.3 Å². The fourth-order valence-corrected chi connectivity index (χ4v) is 2.77. The van der Waals surface area contributed by atoms with E-state index in [9.17, 15) is 0 Å². The Bertz CT molecular complexity index is 582. The van der Waals surface area contributed by atoms with Gasteiger partial charge in [0.1, 0.15) is 5.82 Å². The molecule has 0 unspecified atom stereocenters. The van der Waals surface area contributed by atoms with Gasteiger partial charge in [-0.3, -0.25) is 4.57 Å². The molecule has 78 valence electrons. The third-order valence-electron chi connectivity index (χ3n) is 2.50. The molecule has 0 radical (unpaired) electrons. The first-order valence-electron chi connectivity index (χ1n) is 4.92. The first-order valence-corrected chi connectivity index (χ1v) is 5.91. The van der Waals surface area contributed by atoms with Gasteiger partial charge in [0.25, 0.3) is 0 Å². The van der Waals surface area contributed by atoms with Gasteiger partial charge in [-0.15, -0.1) is 22.0 Å². The Kier molecular flexibility index (Phi) is 2.15. The van der Waals surface area contributed by atoms with Gasteiger partial charge in [0, 0.05) is 4.90 Å². The van der Waals surface area contributed by atoms with Crippen molar-refractivity contribution in [3.8, 4) is 11.8 Å². The van der Waals surface area contributed by atoms with Crippen LogP contribution in [-0.4, -0.2) is 14.8 Å². The molecule has 0 N–H and O–H groups in total. The van der Waals surface area contributed by atoms with Crippen molar-refractivity contribution in [3.63, 3.8) is 0 Å². The molecule has 1 aromatic heterocycles. The number of rotatable bonds is 1. The van der Waals surface area contributed by atoms with Gasteiger partial charge >= 0.3 is 0 Å². The van der Waals surface area contributed by atoms with Crippen molar-refractivity contribution in [1.82, 2.24) is 14.8 Å². The van der Waals surface area contributed by atoms with Crippen molar-refractivity contribution in [2.24, 2.45) is 0 Å². The van der Waals surface area contributed by atoms with E-state index < -0.39 is 0 Å². The second kappa shape index (κ2) is 3.65. The SMILES string of the molecule is N#CCc1nnc2n1-c1ccccc1SC2. The first-order chi connectivity index (χ1) is 7.90. The lowest BCUT2D eigenvalue weighted by atomic mass is 10.3. The van der Waals surface area contributed by atoms with Gasteiger partial charge in [0.15, 0.2) is 5.82 Å². The van der Waals surface area contributed by atoms with Crippen molar-refractivity contribution in [2.75, 3.05) is 0 Å². The van der Waals surface area contributed by atoms with Crippen LogP contribution in [0.3, 0.4) is 0 Å². The summed E-state index contributed by atoms with van der Waals surface area (Å²) in [6.45, 7) is 0. The Labute approximate surface area is 96.9 Å². The van der Waals surface area contributed by atoms with Crippen LogP contribution in [0.15, 0.2) is 29.2 Å². The molecule has 2 aromatic rings. The normalized spacial score (nSPS) is 12.7. The number of aromatic nitrogens is 3. The van der Waals surface area contributed by atoms with Gasteiger partial charge < -0.3 is 0 Å². The van der Waals surface area contributed by atoms with Crippen LogP contribution in [0.25, 0.3) is 5.69 Å². The van der Waals surface area contributed by atoms with E-state index >= 15 is 0 Å². The van der Waals surface area contributed by atoms with E-state index in [-0.39, 0.29) is 0 Å². The zero-order valence-corrected chi connectivity index (χ0v) is 9.24. The molecule has 5 heteroatoms. The lowest BCUT2D eigenvalue weighted by Crippen LogP contribution is -2.09. The summed E-state index contributed by atoms with van der Waals surface area (Å²) in [7, 11) is 0. The smallest absolute Gasteiger partial charge is 0.151 e. The quantitative estimate of drug-likeness (QED) is 0.748. The van der Waals surface area contributed by atoms with Gasteiger partial charge in [0.05, 0.1) is 23.9 Å². The van der Waals surface area contributed by atoms with E-state index in [2.05, 4.69) is 22.3 Å². The van der Waals surface area contributed by atoms with E-state index in [0.717, 1.165) is 23.1 Å². The highest BCUT2D eigenvalue weighted by molar-refractivity contribution is 7.98. The van der Waals surface area contributed by atoms with Crippen molar-refractivity contribution < 1.29 is 0 Å². The Morgan fingerprint density at radius 3 is 3.12 bits per heavy atom. The van der Waals surface area contributed by atoms with E-state index in [0.29, 0.717) is 6.42 Å². The fraction of sp³-hybridized carbons (Fsp3) is 0.182. The van der Waals surface area contributed by atoms with Crippen LogP contribution in [0.1, 0.15) is 11.6 Å². The number of fused-ring (bicyclic) bond motifs is 3. The molecule has 4 nitrogen and oxygen atoms in total. The average molecular weight is 228 g/mol. The molecule has 1 aromatic carbocycles. The predicted octanol–water partition coefficient (Wildman–Crippen LogP) is 1.94. The third kappa shape index (κ3) is 1.31. The molecule has 2 heterocycles. The maximum atomic E-state index is 8.75. The first kappa shape index (κ1) is 9.43. The van der Waals surface area contributed by atoms with Crippen molar-refractivity contribution in [1.29, 1.82) is 5.26 Å². The second-order valence-electron chi connectivity index (χ2n) is 3.46. The van der Waals surface area contributed by atoms with Crippen molar-refractivity contribution >= 4 is 11.8 Å². The highest BCUT2D eigenvalue weighted by atomic mass is 32.2. The zero-order chi connectivity index (χ0) is 11.0. The molecule has 0 fully saturated rings. The minimum atomic E-state index is 0.298. The lowest BCUT2D eigenvalue weighted by Gasteiger charge is -2.17. The third-order valence-corrected chi connectivity index (χ3v) is 3.56. The lowest BCUT2D eigenvalue weighted by molar-refractivity contribution is 0.873. The summed E-state index contributed by atoms with van der Waals surface area (Å²) < 4.78 is 2.00. The topological polar surface area (TPSA) is 54.5 Å². The van der Waals surface area contributed by atoms with Gasteiger partial charge in [-0.1, -0.05) is 12.1 Å². The maximum Gasteiger partial charge on any atom is 0.151 e. The van der Waals surface area contributed by atoms with E-state index in [1.54, 1.807) is 11.8 Å². The summed E-state index contributed by atoms with van der Waals surface area (Å²) in [6.07, 6.45) is 0.298. The molecule has 0 amide bonds. The molecule has 0 spiro atoms. The number of thioether (sulfide) groups is 1. The standard InChI is InChI=1S/C11H8N4S/c12-6-5-10-13-14-11-7-16-9-4-2-1-3-8(9)15(10)11/h1-4H,5,7H2. The number of nitriles is 1.